The van der Waals surface area contributed by atoms with Gasteiger partial charge in [0.1, 0.15) is 5.82 Å². The largest absolute Gasteiger partial charge is 0.315 e. The van der Waals surface area contributed by atoms with E-state index in [2.05, 4.69) is 0 Å². The Hall–Kier alpha value is -1.56. The molecule has 128 valence electrons. The summed E-state index contributed by atoms with van der Waals surface area (Å²) in [6.07, 6.45) is 3.95. The molecule has 1 saturated carbocycles. The minimum atomic E-state index is -1.06. The van der Waals surface area contributed by atoms with Crippen LogP contribution < -0.4 is 4.90 Å². The van der Waals surface area contributed by atoms with E-state index in [1.54, 1.807) is 15.9 Å². The van der Waals surface area contributed by atoms with E-state index in [-0.39, 0.29) is 23.5 Å². The lowest BCUT2D eigenvalue weighted by atomic mass is 10.0. The average molecular weight is 348 g/mol. The highest BCUT2D eigenvalue weighted by Crippen LogP contribution is 2.54. The maximum absolute atomic E-state index is 13.9. The summed E-state index contributed by atoms with van der Waals surface area (Å²) in [5, 5.41) is 0. The van der Waals surface area contributed by atoms with Gasteiger partial charge in [-0.05, 0) is 38.0 Å². The smallest absolute Gasteiger partial charge is 0.268 e. The van der Waals surface area contributed by atoms with Gasteiger partial charge in [0.15, 0.2) is 4.87 Å². The second kappa shape index (κ2) is 5.76. The molecule has 24 heavy (non-hydrogen) atoms. The number of carbonyl (C=O) groups is 2. The van der Waals surface area contributed by atoms with Crippen LogP contribution in [0.5, 0.6) is 0 Å². The summed E-state index contributed by atoms with van der Waals surface area (Å²) >= 11 is 1.47. The number of thioether (sulfide) groups is 1. The van der Waals surface area contributed by atoms with E-state index in [0.717, 1.165) is 31.4 Å². The summed E-state index contributed by atoms with van der Waals surface area (Å²) in [4.78, 5) is 28.7. The second-order valence-corrected chi connectivity index (χ2v) is 7.96. The summed E-state index contributed by atoms with van der Waals surface area (Å²) in [7, 11) is 0. The SMILES string of the molecule is CCN1C(=O)[C@]2(SCCN2C(=O)C2CCCC2)c2cc(F)ccc21. The van der Waals surface area contributed by atoms with Gasteiger partial charge in [0.2, 0.25) is 5.91 Å². The highest BCUT2D eigenvalue weighted by atomic mass is 32.2. The van der Waals surface area contributed by atoms with Crippen molar-refractivity contribution in [1.82, 2.24) is 4.90 Å². The molecule has 3 aliphatic rings. The van der Waals surface area contributed by atoms with Crippen molar-refractivity contribution in [1.29, 1.82) is 0 Å². The van der Waals surface area contributed by atoms with E-state index >= 15 is 0 Å². The van der Waals surface area contributed by atoms with Gasteiger partial charge in [0.05, 0.1) is 5.69 Å². The van der Waals surface area contributed by atoms with E-state index in [4.69, 9.17) is 0 Å². The van der Waals surface area contributed by atoms with Gasteiger partial charge < -0.3 is 9.80 Å². The molecule has 0 unspecified atom stereocenters. The minimum absolute atomic E-state index is 0.0149. The maximum Gasteiger partial charge on any atom is 0.268 e. The number of carbonyl (C=O) groups excluding carboxylic acids is 2. The number of hydrogen-bond acceptors (Lipinski definition) is 3. The first-order valence-electron chi connectivity index (χ1n) is 8.67. The third-order valence-electron chi connectivity index (χ3n) is 5.44. The number of likely N-dealkylation sites (N-methyl/N-ethyl adjacent to an activating group) is 1. The molecule has 1 aliphatic carbocycles. The van der Waals surface area contributed by atoms with Crippen LogP contribution in [0.15, 0.2) is 18.2 Å². The molecule has 1 spiro atoms. The lowest BCUT2D eigenvalue weighted by Gasteiger charge is -2.34. The first-order chi connectivity index (χ1) is 11.6. The van der Waals surface area contributed by atoms with Crippen LogP contribution in [0.1, 0.15) is 38.2 Å². The molecule has 1 saturated heterocycles. The van der Waals surface area contributed by atoms with Crippen LogP contribution in [0.25, 0.3) is 0 Å². The topological polar surface area (TPSA) is 40.6 Å². The van der Waals surface area contributed by atoms with Crippen molar-refractivity contribution < 1.29 is 14.0 Å². The van der Waals surface area contributed by atoms with Crippen molar-refractivity contribution in [3.63, 3.8) is 0 Å². The summed E-state index contributed by atoms with van der Waals surface area (Å²) in [6.45, 7) is 2.98. The zero-order chi connectivity index (χ0) is 16.9. The van der Waals surface area contributed by atoms with Gasteiger partial charge in [-0.2, -0.15) is 0 Å². The first kappa shape index (κ1) is 15.9. The second-order valence-electron chi connectivity index (χ2n) is 6.67. The van der Waals surface area contributed by atoms with Crippen molar-refractivity contribution in [2.75, 3.05) is 23.7 Å². The highest BCUT2D eigenvalue weighted by molar-refractivity contribution is 8.01. The van der Waals surface area contributed by atoms with E-state index in [1.165, 1.54) is 23.9 Å². The Morgan fingerprint density at radius 3 is 2.83 bits per heavy atom. The zero-order valence-electron chi connectivity index (χ0n) is 13.8. The third kappa shape index (κ3) is 2.05. The van der Waals surface area contributed by atoms with Crippen LogP contribution in [-0.2, 0) is 14.5 Å². The summed E-state index contributed by atoms with van der Waals surface area (Å²) in [6, 6.07) is 4.49. The molecule has 1 atom stereocenters. The van der Waals surface area contributed by atoms with E-state index in [9.17, 15) is 14.0 Å². The number of anilines is 1. The molecule has 4 nitrogen and oxygen atoms in total. The molecule has 6 heteroatoms. The number of amides is 2. The maximum atomic E-state index is 13.9. The Labute approximate surface area is 145 Å². The van der Waals surface area contributed by atoms with Gasteiger partial charge in [-0.15, -0.1) is 11.8 Å². The fourth-order valence-corrected chi connectivity index (χ4v) is 5.77. The Bertz CT molecular complexity index is 704. The highest BCUT2D eigenvalue weighted by Gasteiger charge is 2.59. The van der Waals surface area contributed by atoms with Crippen LogP contribution in [0.3, 0.4) is 0 Å². The molecular weight excluding hydrogens is 327 g/mol. The van der Waals surface area contributed by atoms with Crippen molar-refractivity contribution in [2.45, 2.75) is 37.5 Å². The van der Waals surface area contributed by atoms with Gasteiger partial charge in [0, 0.05) is 30.3 Å². The van der Waals surface area contributed by atoms with Crippen molar-refractivity contribution >= 4 is 29.3 Å². The average Bonchev–Trinajstić information content (AvgIpc) is 3.29. The fourth-order valence-electron chi connectivity index (χ4n) is 4.32. The normalized spacial score (nSPS) is 26.7. The predicted octanol–water partition coefficient (Wildman–Crippen LogP) is 3.11. The molecule has 2 amide bonds. The standard InChI is InChI=1S/C18H21FN2O2S/c1-2-20-15-8-7-13(19)11-14(15)18(17(20)23)21(9-10-24-18)16(22)12-5-3-4-6-12/h7-8,11-12H,2-6,9-10H2,1H3/t18-/m1/s1. The van der Waals surface area contributed by atoms with E-state index in [0.29, 0.717) is 24.4 Å². The van der Waals surface area contributed by atoms with Gasteiger partial charge in [0.25, 0.3) is 5.91 Å². The molecule has 0 aromatic heterocycles. The Kier molecular flexibility index (Phi) is 3.82. The minimum Gasteiger partial charge on any atom is -0.315 e. The lowest BCUT2D eigenvalue weighted by molar-refractivity contribution is -0.143. The molecule has 0 radical (unpaired) electrons. The Morgan fingerprint density at radius 1 is 1.38 bits per heavy atom. The van der Waals surface area contributed by atoms with Crippen molar-refractivity contribution in [3.05, 3.63) is 29.6 Å². The quantitative estimate of drug-likeness (QED) is 0.825. The lowest BCUT2D eigenvalue weighted by Crippen LogP contribution is -2.51. The number of rotatable bonds is 2. The monoisotopic (exact) mass is 348 g/mol. The van der Waals surface area contributed by atoms with Gasteiger partial charge in [-0.25, -0.2) is 4.39 Å². The molecule has 2 fully saturated rings. The summed E-state index contributed by atoms with van der Waals surface area (Å²) < 4.78 is 13.9. The van der Waals surface area contributed by atoms with Gasteiger partial charge in [-0.1, -0.05) is 12.8 Å². The molecule has 4 rings (SSSR count). The van der Waals surface area contributed by atoms with E-state index < -0.39 is 4.87 Å². The molecule has 1 aromatic carbocycles. The van der Waals surface area contributed by atoms with Gasteiger partial charge >= 0.3 is 0 Å². The third-order valence-corrected chi connectivity index (χ3v) is 6.86. The molecule has 2 aliphatic heterocycles. The van der Waals surface area contributed by atoms with Crippen LogP contribution in [0.2, 0.25) is 0 Å². The van der Waals surface area contributed by atoms with Crippen LogP contribution >= 0.6 is 11.8 Å². The fraction of sp³-hybridized carbons (Fsp3) is 0.556. The van der Waals surface area contributed by atoms with Crippen LogP contribution in [0.4, 0.5) is 10.1 Å². The first-order valence-corrected chi connectivity index (χ1v) is 9.65. The number of hydrogen-bond donors (Lipinski definition) is 0. The summed E-state index contributed by atoms with van der Waals surface area (Å²) in [5.41, 5.74) is 1.38. The molecule has 0 bridgehead atoms. The van der Waals surface area contributed by atoms with Crippen LogP contribution in [0, 0.1) is 11.7 Å². The number of fused-ring (bicyclic) bond motifs is 2. The number of nitrogens with zero attached hydrogens (tertiary/aromatic N) is 2. The van der Waals surface area contributed by atoms with Crippen LogP contribution in [-0.4, -0.2) is 35.6 Å². The zero-order valence-corrected chi connectivity index (χ0v) is 14.6. The molecule has 0 N–H and O–H groups in total. The van der Waals surface area contributed by atoms with Gasteiger partial charge in [-0.3, -0.25) is 9.59 Å². The summed E-state index contributed by atoms with van der Waals surface area (Å²) in [5.74, 6) is 0.330. The molecular formula is C18H21FN2O2S. The predicted molar refractivity (Wildman–Crippen MR) is 92.2 cm³/mol. The Morgan fingerprint density at radius 2 is 2.12 bits per heavy atom. The van der Waals surface area contributed by atoms with Crippen molar-refractivity contribution in [2.24, 2.45) is 5.92 Å². The number of benzene rings is 1. The van der Waals surface area contributed by atoms with Crippen molar-refractivity contribution in [3.8, 4) is 0 Å². The number of halogens is 1. The Balaban J connectivity index is 1.81. The molecule has 1 aromatic rings. The molecule has 2 heterocycles. The van der Waals surface area contributed by atoms with E-state index in [1.807, 2.05) is 6.92 Å².